The van der Waals surface area contributed by atoms with Crippen molar-refractivity contribution < 1.29 is 4.79 Å². The highest BCUT2D eigenvalue weighted by molar-refractivity contribution is 5.88. The van der Waals surface area contributed by atoms with Crippen molar-refractivity contribution in [1.29, 1.82) is 0 Å². The van der Waals surface area contributed by atoms with Gasteiger partial charge in [0.05, 0.1) is 5.54 Å². The maximum absolute atomic E-state index is 12.2. The van der Waals surface area contributed by atoms with Crippen LogP contribution in [0.4, 0.5) is 0 Å². The molecule has 84 valence electrons. The third kappa shape index (κ3) is 2.60. The molecule has 0 aromatic heterocycles. The molecule has 1 saturated carbocycles. The second-order valence-electron chi connectivity index (χ2n) is 4.48. The van der Waals surface area contributed by atoms with E-state index in [1.165, 1.54) is 12.8 Å². The van der Waals surface area contributed by atoms with Crippen LogP contribution in [0.1, 0.15) is 45.4 Å². The van der Waals surface area contributed by atoms with Crippen LogP contribution in [0, 0.1) is 11.8 Å². The normalized spacial score (nSPS) is 18.7. The number of ketones is 1. The molecule has 1 fully saturated rings. The van der Waals surface area contributed by atoms with E-state index in [-0.39, 0.29) is 5.54 Å². The van der Waals surface area contributed by atoms with E-state index >= 15 is 0 Å². The van der Waals surface area contributed by atoms with Gasteiger partial charge in [-0.1, -0.05) is 12.8 Å². The average molecular weight is 207 g/mol. The van der Waals surface area contributed by atoms with E-state index in [2.05, 4.69) is 16.7 Å². The summed E-state index contributed by atoms with van der Waals surface area (Å²) in [4.78, 5) is 14.3. The summed E-state index contributed by atoms with van der Waals surface area (Å²) in [6.07, 6.45) is 5.74. The molecule has 0 heterocycles. The van der Waals surface area contributed by atoms with Gasteiger partial charge in [-0.3, -0.25) is 9.69 Å². The predicted molar refractivity (Wildman–Crippen MR) is 62.6 cm³/mol. The molecule has 1 aliphatic carbocycles. The van der Waals surface area contributed by atoms with E-state index < -0.39 is 0 Å². The van der Waals surface area contributed by atoms with Crippen molar-refractivity contribution in [3.63, 3.8) is 0 Å². The minimum absolute atomic E-state index is 0.171. The first-order valence-electron chi connectivity index (χ1n) is 5.74. The first-order chi connectivity index (χ1) is 7.13. The van der Waals surface area contributed by atoms with Gasteiger partial charge in [-0.15, -0.1) is 11.8 Å². The second-order valence-corrected chi connectivity index (χ2v) is 4.48. The summed E-state index contributed by atoms with van der Waals surface area (Å²) < 4.78 is 0. The molecular weight excluding hydrogens is 186 g/mol. The van der Waals surface area contributed by atoms with E-state index in [9.17, 15) is 4.79 Å². The van der Waals surface area contributed by atoms with Crippen LogP contribution >= 0.6 is 0 Å². The highest BCUT2D eigenvalue weighted by atomic mass is 16.1. The third-order valence-electron chi connectivity index (χ3n) is 3.46. The molecule has 0 bridgehead atoms. The standard InChI is InChI=1S/C13H21NO/c1-4-5-6-9-12(15)13(14(2)3)10-7-8-11-13/h6-11H2,1-3H3. The summed E-state index contributed by atoms with van der Waals surface area (Å²) in [6.45, 7) is 1.82. The minimum atomic E-state index is -0.171. The number of hydrogen-bond acceptors (Lipinski definition) is 2. The van der Waals surface area contributed by atoms with Gasteiger partial charge in [0.2, 0.25) is 0 Å². The van der Waals surface area contributed by atoms with Crippen LogP contribution in [0.3, 0.4) is 0 Å². The summed E-state index contributed by atoms with van der Waals surface area (Å²) in [7, 11) is 4.05. The van der Waals surface area contributed by atoms with E-state index in [0.717, 1.165) is 12.8 Å². The SMILES string of the molecule is CC#CCCC(=O)C1(N(C)C)CCCC1. The molecule has 0 aromatic carbocycles. The van der Waals surface area contributed by atoms with Gasteiger partial charge in [-0.25, -0.2) is 0 Å². The number of hydrogen-bond donors (Lipinski definition) is 0. The molecule has 0 radical (unpaired) electrons. The van der Waals surface area contributed by atoms with Crippen LogP contribution in [0.15, 0.2) is 0 Å². The summed E-state index contributed by atoms with van der Waals surface area (Å²) in [5, 5.41) is 0. The Morgan fingerprint density at radius 1 is 1.33 bits per heavy atom. The molecular formula is C13H21NO. The van der Waals surface area contributed by atoms with Crippen molar-refractivity contribution in [2.75, 3.05) is 14.1 Å². The van der Waals surface area contributed by atoms with Gasteiger partial charge in [0.15, 0.2) is 5.78 Å². The maximum Gasteiger partial charge on any atom is 0.154 e. The Balaban J connectivity index is 2.63. The predicted octanol–water partition coefficient (Wildman–Crippen LogP) is 2.23. The quantitative estimate of drug-likeness (QED) is 0.659. The zero-order chi connectivity index (χ0) is 11.3. The molecule has 2 nitrogen and oxygen atoms in total. The third-order valence-corrected chi connectivity index (χ3v) is 3.46. The summed E-state index contributed by atoms with van der Waals surface area (Å²) >= 11 is 0. The molecule has 0 amide bonds. The van der Waals surface area contributed by atoms with Gasteiger partial charge in [0.1, 0.15) is 0 Å². The van der Waals surface area contributed by atoms with Gasteiger partial charge < -0.3 is 0 Å². The summed E-state index contributed by atoms with van der Waals surface area (Å²) in [5.74, 6) is 6.19. The molecule has 0 saturated heterocycles. The fourth-order valence-electron chi connectivity index (χ4n) is 2.47. The van der Waals surface area contributed by atoms with Gasteiger partial charge in [0.25, 0.3) is 0 Å². The van der Waals surface area contributed by atoms with Gasteiger partial charge >= 0.3 is 0 Å². The first kappa shape index (κ1) is 12.3. The van der Waals surface area contributed by atoms with E-state index in [0.29, 0.717) is 18.6 Å². The molecule has 0 N–H and O–H groups in total. The number of likely N-dealkylation sites (N-methyl/N-ethyl adjacent to an activating group) is 1. The lowest BCUT2D eigenvalue weighted by Gasteiger charge is -2.34. The maximum atomic E-state index is 12.2. The minimum Gasteiger partial charge on any atom is -0.298 e. The first-order valence-corrected chi connectivity index (χ1v) is 5.74. The van der Waals surface area contributed by atoms with E-state index in [1.54, 1.807) is 0 Å². The van der Waals surface area contributed by atoms with Crippen LogP contribution < -0.4 is 0 Å². The lowest BCUT2D eigenvalue weighted by Crippen LogP contribution is -2.48. The zero-order valence-electron chi connectivity index (χ0n) is 10.1. The molecule has 0 atom stereocenters. The molecule has 2 heteroatoms. The lowest BCUT2D eigenvalue weighted by atomic mass is 9.88. The van der Waals surface area contributed by atoms with Crippen molar-refractivity contribution in [3.05, 3.63) is 0 Å². The smallest absolute Gasteiger partial charge is 0.154 e. The van der Waals surface area contributed by atoms with Crippen LogP contribution in [0.25, 0.3) is 0 Å². The number of carbonyl (C=O) groups excluding carboxylic acids is 1. The molecule has 1 aliphatic rings. The van der Waals surface area contributed by atoms with Gasteiger partial charge in [-0.05, 0) is 33.9 Å². The summed E-state index contributed by atoms with van der Waals surface area (Å²) in [5.41, 5.74) is -0.171. The Morgan fingerprint density at radius 3 is 2.40 bits per heavy atom. The van der Waals surface area contributed by atoms with Crippen molar-refractivity contribution in [2.24, 2.45) is 0 Å². The molecule has 0 aliphatic heterocycles. The van der Waals surface area contributed by atoms with Crippen molar-refractivity contribution >= 4 is 5.78 Å². The van der Waals surface area contributed by atoms with Crippen molar-refractivity contribution in [2.45, 2.75) is 51.0 Å². The van der Waals surface area contributed by atoms with Crippen molar-refractivity contribution in [1.82, 2.24) is 4.90 Å². The molecule has 15 heavy (non-hydrogen) atoms. The van der Waals surface area contributed by atoms with Gasteiger partial charge in [0, 0.05) is 12.8 Å². The topological polar surface area (TPSA) is 20.3 Å². The average Bonchev–Trinajstić information content (AvgIpc) is 2.67. The van der Waals surface area contributed by atoms with Crippen molar-refractivity contribution in [3.8, 4) is 11.8 Å². The molecule has 0 unspecified atom stereocenters. The molecule has 1 rings (SSSR count). The Hall–Kier alpha value is -0.810. The number of rotatable bonds is 4. The van der Waals surface area contributed by atoms with E-state index in [1.807, 2.05) is 21.0 Å². The van der Waals surface area contributed by atoms with Crippen LogP contribution in [0.2, 0.25) is 0 Å². The Bertz CT molecular complexity index is 277. The Morgan fingerprint density at radius 2 is 1.93 bits per heavy atom. The van der Waals surface area contributed by atoms with Gasteiger partial charge in [-0.2, -0.15) is 0 Å². The molecule has 0 spiro atoms. The fraction of sp³-hybridized carbons (Fsp3) is 0.769. The zero-order valence-corrected chi connectivity index (χ0v) is 10.1. The summed E-state index contributed by atoms with van der Waals surface area (Å²) in [6, 6.07) is 0. The monoisotopic (exact) mass is 207 g/mol. The van der Waals surface area contributed by atoms with E-state index in [4.69, 9.17) is 0 Å². The van der Waals surface area contributed by atoms with Crippen LogP contribution in [-0.2, 0) is 4.79 Å². The highest BCUT2D eigenvalue weighted by Crippen LogP contribution is 2.35. The number of nitrogens with zero attached hydrogens (tertiary/aromatic N) is 1. The largest absolute Gasteiger partial charge is 0.298 e. The Kier molecular flexibility index (Phi) is 4.35. The van der Waals surface area contributed by atoms with Crippen LogP contribution in [-0.4, -0.2) is 30.3 Å². The second kappa shape index (κ2) is 5.32. The lowest BCUT2D eigenvalue weighted by molar-refractivity contribution is -0.129. The fourth-order valence-corrected chi connectivity index (χ4v) is 2.47. The number of Topliss-reactive ketones (excluding diaryl/α,β-unsaturated/α-hetero) is 1. The number of carbonyl (C=O) groups is 1. The van der Waals surface area contributed by atoms with Crippen LogP contribution in [0.5, 0.6) is 0 Å². The Labute approximate surface area is 93.0 Å². The highest BCUT2D eigenvalue weighted by Gasteiger charge is 2.41. The molecule has 0 aromatic rings.